The van der Waals surface area contributed by atoms with E-state index < -0.39 is 0 Å². The molecule has 0 radical (unpaired) electrons. The summed E-state index contributed by atoms with van der Waals surface area (Å²) in [6.07, 6.45) is 6.28. The van der Waals surface area contributed by atoms with Crippen LogP contribution < -0.4 is 5.32 Å². The standard InChI is InChI=1S/C17H23N3O3S/c1-10-6-4-5-7-14(10)18-15(21)12(3)24-17-20-19-16(23-17)13-8-9-22-11(13)2/h8-10,12,14H,4-7H2,1-3H3,(H,18,21). The number of nitrogens with zero attached hydrogens (tertiary/aromatic N) is 2. The molecule has 1 saturated carbocycles. The molecule has 1 aliphatic carbocycles. The summed E-state index contributed by atoms with van der Waals surface area (Å²) >= 11 is 1.28. The molecule has 2 aromatic heterocycles. The predicted octanol–water partition coefficient (Wildman–Crippen LogP) is 3.81. The van der Waals surface area contributed by atoms with Crippen LogP contribution in [0.3, 0.4) is 0 Å². The fraction of sp³-hybridized carbons (Fsp3) is 0.588. The summed E-state index contributed by atoms with van der Waals surface area (Å²) in [6, 6.07) is 2.07. The fourth-order valence-electron chi connectivity index (χ4n) is 3.01. The number of nitrogens with one attached hydrogen (secondary N) is 1. The molecule has 0 saturated heterocycles. The van der Waals surface area contributed by atoms with Crippen LogP contribution >= 0.6 is 11.8 Å². The van der Waals surface area contributed by atoms with E-state index in [0.29, 0.717) is 17.0 Å². The van der Waals surface area contributed by atoms with E-state index in [2.05, 4.69) is 22.4 Å². The fourth-order valence-corrected chi connectivity index (χ4v) is 3.70. The zero-order valence-corrected chi connectivity index (χ0v) is 15.1. The summed E-state index contributed by atoms with van der Waals surface area (Å²) in [6.45, 7) is 5.91. The Morgan fingerprint density at radius 1 is 1.38 bits per heavy atom. The molecule has 1 N–H and O–H groups in total. The number of furan rings is 1. The van der Waals surface area contributed by atoms with Gasteiger partial charge in [0.2, 0.25) is 5.91 Å². The summed E-state index contributed by atoms with van der Waals surface area (Å²) in [5.74, 6) is 1.71. The van der Waals surface area contributed by atoms with Gasteiger partial charge in [0.25, 0.3) is 11.1 Å². The van der Waals surface area contributed by atoms with Gasteiger partial charge in [-0.2, -0.15) is 0 Å². The predicted molar refractivity (Wildman–Crippen MR) is 91.6 cm³/mol. The molecular formula is C17H23N3O3S. The average Bonchev–Trinajstić information content (AvgIpc) is 3.18. The lowest BCUT2D eigenvalue weighted by Gasteiger charge is -2.30. The number of carbonyl (C=O) groups is 1. The van der Waals surface area contributed by atoms with E-state index in [1.165, 1.54) is 31.0 Å². The van der Waals surface area contributed by atoms with Gasteiger partial charge in [0, 0.05) is 6.04 Å². The molecule has 0 aromatic carbocycles. The summed E-state index contributed by atoms with van der Waals surface area (Å²) in [5.41, 5.74) is 0.780. The second kappa shape index (κ2) is 7.42. The van der Waals surface area contributed by atoms with Gasteiger partial charge in [0.15, 0.2) is 0 Å². The minimum absolute atomic E-state index is 0.0259. The summed E-state index contributed by atoms with van der Waals surface area (Å²) in [5, 5.41) is 11.3. The Kier molecular flexibility index (Phi) is 5.28. The third-order valence-electron chi connectivity index (χ3n) is 4.58. The summed E-state index contributed by atoms with van der Waals surface area (Å²) < 4.78 is 10.9. The summed E-state index contributed by atoms with van der Waals surface area (Å²) in [4.78, 5) is 12.4. The van der Waals surface area contributed by atoms with Crippen LogP contribution in [0.5, 0.6) is 0 Å². The van der Waals surface area contributed by atoms with Gasteiger partial charge in [0.1, 0.15) is 5.76 Å². The maximum atomic E-state index is 12.4. The van der Waals surface area contributed by atoms with Crippen LogP contribution in [0.1, 0.15) is 45.3 Å². The van der Waals surface area contributed by atoms with E-state index in [-0.39, 0.29) is 17.2 Å². The third-order valence-corrected chi connectivity index (χ3v) is 5.52. The molecule has 130 valence electrons. The van der Waals surface area contributed by atoms with Crippen LogP contribution in [0.15, 0.2) is 26.4 Å². The van der Waals surface area contributed by atoms with Crippen molar-refractivity contribution < 1.29 is 13.6 Å². The largest absolute Gasteiger partial charge is 0.469 e. The molecule has 1 aliphatic rings. The van der Waals surface area contributed by atoms with Gasteiger partial charge in [-0.3, -0.25) is 4.79 Å². The average molecular weight is 349 g/mol. The smallest absolute Gasteiger partial charge is 0.277 e. The van der Waals surface area contributed by atoms with Gasteiger partial charge in [-0.15, -0.1) is 10.2 Å². The highest BCUT2D eigenvalue weighted by atomic mass is 32.2. The van der Waals surface area contributed by atoms with Gasteiger partial charge in [0.05, 0.1) is 17.1 Å². The van der Waals surface area contributed by atoms with Crippen molar-refractivity contribution in [3.05, 3.63) is 18.1 Å². The number of thioether (sulfide) groups is 1. The first kappa shape index (κ1) is 17.1. The third kappa shape index (κ3) is 3.83. The molecule has 1 fully saturated rings. The highest BCUT2D eigenvalue weighted by Gasteiger charge is 2.26. The van der Waals surface area contributed by atoms with Crippen molar-refractivity contribution in [3.8, 4) is 11.5 Å². The van der Waals surface area contributed by atoms with Gasteiger partial charge in [-0.05, 0) is 38.7 Å². The van der Waals surface area contributed by atoms with Crippen LogP contribution in [0.2, 0.25) is 0 Å². The first-order chi connectivity index (χ1) is 11.5. The quantitative estimate of drug-likeness (QED) is 0.827. The van der Waals surface area contributed by atoms with Crippen LogP contribution in [0, 0.1) is 12.8 Å². The van der Waals surface area contributed by atoms with Crippen molar-refractivity contribution in [1.29, 1.82) is 0 Å². The van der Waals surface area contributed by atoms with Crippen molar-refractivity contribution in [2.75, 3.05) is 0 Å². The van der Waals surface area contributed by atoms with E-state index in [1.807, 2.05) is 13.8 Å². The maximum absolute atomic E-state index is 12.4. The van der Waals surface area contributed by atoms with E-state index in [4.69, 9.17) is 8.83 Å². The first-order valence-electron chi connectivity index (χ1n) is 8.39. The minimum atomic E-state index is -0.280. The van der Waals surface area contributed by atoms with Crippen LogP contribution in [-0.2, 0) is 4.79 Å². The molecule has 0 bridgehead atoms. The molecule has 1 amide bonds. The lowest BCUT2D eigenvalue weighted by molar-refractivity contribution is -0.121. The molecule has 3 unspecified atom stereocenters. The molecule has 7 heteroatoms. The van der Waals surface area contributed by atoms with Crippen molar-refractivity contribution in [2.45, 2.75) is 63.0 Å². The number of hydrogen-bond donors (Lipinski definition) is 1. The number of carbonyl (C=O) groups excluding carboxylic acids is 1. The zero-order valence-electron chi connectivity index (χ0n) is 14.2. The number of amides is 1. The van der Waals surface area contributed by atoms with Crippen molar-refractivity contribution >= 4 is 17.7 Å². The molecular weight excluding hydrogens is 326 g/mol. The highest BCUT2D eigenvalue weighted by molar-refractivity contribution is 8.00. The van der Waals surface area contributed by atoms with Gasteiger partial charge in [-0.25, -0.2) is 0 Å². The Morgan fingerprint density at radius 3 is 2.88 bits per heavy atom. The van der Waals surface area contributed by atoms with Crippen LogP contribution in [0.25, 0.3) is 11.5 Å². The Labute approximate surface area is 145 Å². The van der Waals surface area contributed by atoms with Crippen LogP contribution in [-0.4, -0.2) is 27.4 Å². The van der Waals surface area contributed by atoms with Crippen molar-refractivity contribution in [1.82, 2.24) is 15.5 Å². The first-order valence-corrected chi connectivity index (χ1v) is 9.27. The Hall–Kier alpha value is -1.76. The van der Waals surface area contributed by atoms with Gasteiger partial charge < -0.3 is 14.2 Å². The molecule has 2 aromatic rings. The Bertz CT molecular complexity index is 697. The SMILES string of the molecule is Cc1occc1-c1nnc(SC(C)C(=O)NC2CCCCC2C)o1. The van der Waals surface area contributed by atoms with E-state index in [0.717, 1.165) is 17.7 Å². The normalized spacial score (nSPS) is 22.3. The number of aryl methyl sites for hydroxylation is 1. The highest BCUT2D eigenvalue weighted by Crippen LogP contribution is 2.29. The monoisotopic (exact) mass is 349 g/mol. The number of rotatable bonds is 5. The lowest BCUT2D eigenvalue weighted by Crippen LogP contribution is -2.44. The second-order valence-electron chi connectivity index (χ2n) is 6.40. The van der Waals surface area contributed by atoms with Crippen molar-refractivity contribution in [3.63, 3.8) is 0 Å². The minimum Gasteiger partial charge on any atom is -0.469 e. The van der Waals surface area contributed by atoms with E-state index >= 15 is 0 Å². The molecule has 2 heterocycles. The maximum Gasteiger partial charge on any atom is 0.277 e. The number of hydrogen-bond acceptors (Lipinski definition) is 6. The molecule has 3 rings (SSSR count). The number of aromatic nitrogens is 2. The molecule has 6 nitrogen and oxygen atoms in total. The van der Waals surface area contributed by atoms with Crippen LogP contribution in [0.4, 0.5) is 0 Å². The van der Waals surface area contributed by atoms with Gasteiger partial charge >= 0.3 is 0 Å². The molecule has 0 aliphatic heterocycles. The van der Waals surface area contributed by atoms with E-state index in [1.54, 1.807) is 12.3 Å². The molecule has 24 heavy (non-hydrogen) atoms. The Morgan fingerprint density at radius 2 is 2.17 bits per heavy atom. The topological polar surface area (TPSA) is 81.2 Å². The molecule has 3 atom stereocenters. The Balaban J connectivity index is 1.58. The molecule has 0 spiro atoms. The second-order valence-corrected chi connectivity index (χ2v) is 7.69. The van der Waals surface area contributed by atoms with E-state index in [9.17, 15) is 4.79 Å². The van der Waals surface area contributed by atoms with Gasteiger partial charge in [-0.1, -0.05) is 31.5 Å². The lowest BCUT2D eigenvalue weighted by atomic mass is 9.86. The zero-order chi connectivity index (χ0) is 17.1. The van der Waals surface area contributed by atoms with Crippen molar-refractivity contribution in [2.24, 2.45) is 5.92 Å². The summed E-state index contributed by atoms with van der Waals surface area (Å²) in [7, 11) is 0.